The van der Waals surface area contributed by atoms with Gasteiger partial charge in [0, 0.05) is 60.6 Å². The van der Waals surface area contributed by atoms with Crippen molar-refractivity contribution in [2.75, 3.05) is 38.8 Å². The Hall–Kier alpha value is -4.14. The molecule has 0 saturated heterocycles. The largest absolute Gasteiger partial charge is 0.384 e. The van der Waals surface area contributed by atoms with E-state index in [0.29, 0.717) is 18.7 Å². The summed E-state index contributed by atoms with van der Waals surface area (Å²) < 4.78 is 6.01. The third kappa shape index (κ3) is 13.7. The Morgan fingerprint density at radius 1 is 0.887 bits per heavy atom. The Morgan fingerprint density at radius 2 is 1.51 bits per heavy atom. The van der Waals surface area contributed by atoms with Gasteiger partial charge < -0.3 is 36.0 Å². The number of halogens is 1. The average molecular weight is 796 g/mol. The second-order valence-electron chi connectivity index (χ2n) is 13.5. The summed E-state index contributed by atoms with van der Waals surface area (Å²) in [4.78, 5) is 54.7. The van der Waals surface area contributed by atoms with Crippen LogP contribution in [0.1, 0.15) is 78.9 Å². The number of carbonyl (C=O) groups excluding carboxylic acids is 4. The number of anilines is 1. The SMILES string of the molecule is CCNC(=O)[C@@H](NC(O)[C@H](C)NC[C@H](Cc1ccccc1)NC(=O)c1cc(C(=O)N[C@H](C)c2ccc(Br)cc2)cc(N(C)C(=O)CCOC)c1)C(C)C. The normalized spacial score (nSPS) is 14.1. The molecule has 3 aromatic carbocycles. The van der Waals surface area contributed by atoms with Gasteiger partial charge >= 0.3 is 0 Å². The van der Waals surface area contributed by atoms with E-state index in [1.54, 1.807) is 26.1 Å². The van der Waals surface area contributed by atoms with Gasteiger partial charge in [-0.25, -0.2) is 0 Å². The number of nitrogens with zero attached hydrogens (tertiary/aromatic N) is 1. The smallest absolute Gasteiger partial charge is 0.251 e. The first kappa shape index (κ1) is 43.3. The summed E-state index contributed by atoms with van der Waals surface area (Å²) in [5.41, 5.74) is 2.69. The molecule has 0 aliphatic carbocycles. The summed E-state index contributed by atoms with van der Waals surface area (Å²) in [6.07, 6.45) is -0.464. The van der Waals surface area contributed by atoms with Crippen molar-refractivity contribution >= 4 is 45.2 Å². The number of carbonyl (C=O) groups is 4. The molecule has 0 aromatic heterocycles. The molecule has 53 heavy (non-hydrogen) atoms. The van der Waals surface area contributed by atoms with Gasteiger partial charge in [0.15, 0.2) is 0 Å². The lowest BCUT2D eigenvalue weighted by Gasteiger charge is -2.29. The highest BCUT2D eigenvalue weighted by molar-refractivity contribution is 9.10. The van der Waals surface area contributed by atoms with E-state index in [1.807, 2.05) is 82.3 Å². The Balaban J connectivity index is 1.87. The first-order valence-corrected chi connectivity index (χ1v) is 18.8. The van der Waals surface area contributed by atoms with Crippen LogP contribution in [0, 0.1) is 5.92 Å². The van der Waals surface area contributed by atoms with E-state index in [0.717, 1.165) is 15.6 Å². The number of rotatable bonds is 20. The first-order valence-electron chi connectivity index (χ1n) is 18.0. The third-order valence-electron chi connectivity index (χ3n) is 8.91. The van der Waals surface area contributed by atoms with Crippen LogP contribution < -0.4 is 31.5 Å². The predicted molar refractivity (Wildman–Crippen MR) is 212 cm³/mol. The first-order chi connectivity index (χ1) is 25.2. The van der Waals surface area contributed by atoms with E-state index >= 15 is 0 Å². The standard InChI is InChI=1S/C40H55BrN6O6/c1-8-42-40(52)36(25(2)3)46-37(49)27(5)43-24-33(20-28-12-10-9-11-13-28)45-39(51)31-21-30(22-34(23-31)47(6)35(48)18-19-53-7)38(50)44-26(4)29-14-16-32(41)17-15-29/h9-17,21-23,25-27,33,36-37,43,46,49H,8,18-20,24H2,1-7H3,(H,42,52)(H,44,50)(H,45,51)/t26-,27+,33+,36+,37?/m1/s1. The third-order valence-corrected chi connectivity index (χ3v) is 9.44. The molecule has 0 aliphatic heterocycles. The van der Waals surface area contributed by atoms with Crippen molar-refractivity contribution in [3.63, 3.8) is 0 Å². The van der Waals surface area contributed by atoms with Crippen LogP contribution in [0.25, 0.3) is 0 Å². The predicted octanol–water partition coefficient (Wildman–Crippen LogP) is 4.33. The fourth-order valence-electron chi connectivity index (χ4n) is 5.65. The number of amides is 4. The quantitative estimate of drug-likeness (QED) is 0.0923. The summed E-state index contributed by atoms with van der Waals surface area (Å²) in [6.45, 7) is 10.3. The van der Waals surface area contributed by atoms with E-state index in [4.69, 9.17) is 4.74 Å². The fourth-order valence-corrected chi connectivity index (χ4v) is 5.91. The summed E-state index contributed by atoms with van der Waals surface area (Å²) >= 11 is 3.44. The molecule has 13 heteroatoms. The monoisotopic (exact) mass is 794 g/mol. The molecule has 288 valence electrons. The number of aliphatic hydroxyl groups excluding tert-OH is 1. The minimum absolute atomic E-state index is 0.0606. The van der Waals surface area contributed by atoms with Crippen LogP contribution in [0.5, 0.6) is 0 Å². The number of nitrogens with one attached hydrogen (secondary N) is 5. The van der Waals surface area contributed by atoms with Crippen molar-refractivity contribution in [1.82, 2.24) is 26.6 Å². The van der Waals surface area contributed by atoms with Crippen LogP contribution in [0.3, 0.4) is 0 Å². The Kier molecular flexibility index (Phi) is 17.6. The van der Waals surface area contributed by atoms with Crippen molar-refractivity contribution in [3.8, 4) is 0 Å². The average Bonchev–Trinajstić information content (AvgIpc) is 3.14. The molecule has 3 aromatic rings. The van der Waals surface area contributed by atoms with E-state index in [1.165, 1.54) is 18.1 Å². The number of methoxy groups -OCH3 is 1. The van der Waals surface area contributed by atoms with Crippen molar-refractivity contribution in [2.24, 2.45) is 5.92 Å². The molecular weight excluding hydrogens is 740 g/mol. The molecular formula is C40H55BrN6O6. The summed E-state index contributed by atoms with van der Waals surface area (Å²) in [5.74, 6) is -1.33. The maximum atomic E-state index is 14.0. The van der Waals surface area contributed by atoms with Crippen molar-refractivity contribution < 1.29 is 29.0 Å². The molecule has 0 aliphatic rings. The molecule has 12 nitrogen and oxygen atoms in total. The van der Waals surface area contributed by atoms with E-state index in [2.05, 4.69) is 42.5 Å². The van der Waals surface area contributed by atoms with Crippen molar-refractivity contribution in [2.45, 2.75) is 77.9 Å². The topological polar surface area (TPSA) is 161 Å². The molecule has 0 bridgehead atoms. The van der Waals surface area contributed by atoms with Gasteiger partial charge in [0.25, 0.3) is 11.8 Å². The van der Waals surface area contributed by atoms with Crippen LogP contribution in [0.2, 0.25) is 0 Å². The Bertz CT molecular complexity index is 1640. The molecule has 4 amide bonds. The van der Waals surface area contributed by atoms with Gasteiger partial charge in [-0.05, 0) is 74.6 Å². The number of hydrogen-bond donors (Lipinski definition) is 6. The number of hydrogen-bond acceptors (Lipinski definition) is 8. The van der Waals surface area contributed by atoms with Gasteiger partial charge in [0.2, 0.25) is 11.8 Å². The van der Waals surface area contributed by atoms with E-state index in [-0.39, 0.29) is 54.5 Å². The second kappa shape index (κ2) is 21.5. The zero-order valence-corrected chi connectivity index (χ0v) is 33.3. The molecule has 5 atom stereocenters. The maximum absolute atomic E-state index is 14.0. The second-order valence-corrected chi connectivity index (χ2v) is 14.4. The highest BCUT2D eigenvalue weighted by atomic mass is 79.9. The fraction of sp³-hybridized carbons (Fsp3) is 0.450. The Labute approximate surface area is 322 Å². The number of benzene rings is 3. The van der Waals surface area contributed by atoms with Crippen LogP contribution in [0.4, 0.5) is 5.69 Å². The highest BCUT2D eigenvalue weighted by Crippen LogP contribution is 2.22. The van der Waals surface area contributed by atoms with Crippen molar-refractivity contribution in [3.05, 3.63) is 99.5 Å². The molecule has 3 rings (SSSR count). The van der Waals surface area contributed by atoms with Crippen LogP contribution in [-0.2, 0) is 20.7 Å². The number of ether oxygens (including phenoxy) is 1. The van der Waals surface area contributed by atoms with E-state index < -0.39 is 36.2 Å². The maximum Gasteiger partial charge on any atom is 0.251 e. The molecule has 0 saturated carbocycles. The zero-order valence-electron chi connectivity index (χ0n) is 31.7. The van der Waals surface area contributed by atoms with Crippen LogP contribution in [-0.4, -0.2) is 86.9 Å². The molecule has 0 heterocycles. The van der Waals surface area contributed by atoms with Crippen LogP contribution in [0.15, 0.2) is 77.3 Å². The van der Waals surface area contributed by atoms with E-state index in [9.17, 15) is 24.3 Å². The van der Waals surface area contributed by atoms with Gasteiger partial charge in [0.1, 0.15) is 6.23 Å². The number of likely N-dealkylation sites (N-methyl/N-ethyl adjacent to an activating group) is 1. The lowest BCUT2D eigenvalue weighted by atomic mass is 10.0. The van der Waals surface area contributed by atoms with Gasteiger partial charge in [-0.1, -0.05) is 72.2 Å². The van der Waals surface area contributed by atoms with Gasteiger partial charge in [-0.3, -0.25) is 24.5 Å². The van der Waals surface area contributed by atoms with Gasteiger partial charge in [-0.2, -0.15) is 0 Å². The van der Waals surface area contributed by atoms with Gasteiger partial charge in [-0.15, -0.1) is 0 Å². The molecule has 0 fully saturated rings. The van der Waals surface area contributed by atoms with Crippen LogP contribution >= 0.6 is 15.9 Å². The minimum atomic E-state index is -1.05. The number of aliphatic hydroxyl groups is 1. The molecule has 6 N–H and O–H groups in total. The minimum Gasteiger partial charge on any atom is -0.384 e. The summed E-state index contributed by atoms with van der Waals surface area (Å²) in [7, 11) is 3.11. The summed E-state index contributed by atoms with van der Waals surface area (Å²) in [5, 5.41) is 26.3. The lowest BCUT2D eigenvalue weighted by Crippen LogP contribution is -2.57. The highest BCUT2D eigenvalue weighted by Gasteiger charge is 2.27. The summed E-state index contributed by atoms with van der Waals surface area (Å²) in [6, 6.07) is 20.2. The zero-order chi connectivity index (χ0) is 39.1. The van der Waals surface area contributed by atoms with Crippen molar-refractivity contribution in [1.29, 1.82) is 0 Å². The molecule has 0 radical (unpaired) electrons. The van der Waals surface area contributed by atoms with Gasteiger partial charge in [0.05, 0.1) is 25.1 Å². The molecule has 1 unspecified atom stereocenters. The molecule has 0 spiro atoms. The Morgan fingerprint density at radius 3 is 2.09 bits per heavy atom. The lowest BCUT2D eigenvalue weighted by molar-refractivity contribution is -0.125.